The highest BCUT2D eigenvalue weighted by Crippen LogP contribution is 2.17. The highest BCUT2D eigenvalue weighted by atomic mass is 32.2. The number of nitriles is 1. The Morgan fingerprint density at radius 1 is 1.13 bits per heavy atom. The number of rotatable bonds is 2. The van der Waals surface area contributed by atoms with Crippen LogP contribution in [-0.4, -0.2) is 9.96 Å². The van der Waals surface area contributed by atoms with Gasteiger partial charge in [0.05, 0.1) is 16.9 Å². The van der Waals surface area contributed by atoms with Crippen LogP contribution in [0, 0.1) is 11.3 Å². The number of nitrogens with zero attached hydrogens (tertiary/aromatic N) is 1. The molecule has 0 saturated heterocycles. The summed E-state index contributed by atoms with van der Waals surface area (Å²) in [6.07, 6.45) is 0. The topological polar surface area (TPSA) is 40.9 Å². The molecular weight excluding hydrogens is 206 g/mol. The number of hydrogen-bond donors (Lipinski definition) is 0. The van der Waals surface area contributed by atoms with Crippen LogP contribution in [0.1, 0.15) is 0 Å². The van der Waals surface area contributed by atoms with Crippen molar-refractivity contribution in [2.45, 2.75) is 4.90 Å². The average Bonchev–Trinajstić information content (AvgIpc) is 2.29. The molecule has 74 valence electrons. The molecule has 0 radical (unpaired) electrons. The van der Waals surface area contributed by atoms with Gasteiger partial charge in [-0.2, -0.15) is 5.26 Å². The first-order valence-electron chi connectivity index (χ1n) is 4.55. The van der Waals surface area contributed by atoms with Crippen molar-refractivity contribution in [2.24, 2.45) is 0 Å². The van der Waals surface area contributed by atoms with Crippen molar-refractivity contribution in [3.8, 4) is 6.07 Å². The number of benzene rings is 2. The van der Waals surface area contributed by atoms with Crippen LogP contribution in [0.4, 0.5) is 0 Å². The molecule has 2 aromatic carbocycles. The van der Waals surface area contributed by atoms with Crippen molar-refractivity contribution in [3.63, 3.8) is 0 Å². The third-order valence-corrected chi connectivity index (χ3v) is 3.35. The summed E-state index contributed by atoms with van der Waals surface area (Å²) < 4.78 is 11.6. The van der Waals surface area contributed by atoms with Gasteiger partial charge in [-0.1, -0.05) is 30.3 Å². The van der Waals surface area contributed by atoms with Crippen LogP contribution in [0.25, 0.3) is 10.8 Å². The third-order valence-electron chi connectivity index (χ3n) is 2.18. The van der Waals surface area contributed by atoms with Crippen LogP contribution in [0.5, 0.6) is 0 Å². The van der Waals surface area contributed by atoms with Crippen molar-refractivity contribution in [1.82, 2.24) is 0 Å². The van der Waals surface area contributed by atoms with Crippen molar-refractivity contribution in [3.05, 3.63) is 42.5 Å². The summed E-state index contributed by atoms with van der Waals surface area (Å²) in [6.45, 7) is 0. The van der Waals surface area contributed by atoms with E-state index in [9.17, 15) is 4.21 Å². The Bertz CT molecular complexity index is 557. The summed E-state index contributed by atoms with van der Waals surface area (Å²) in [5, 5.41) is 10.6. The van der Waals surface area contributed by atoms with Crippen LogP contribution in [0.3, 0.4) is 0 Å². The van der Waals surface area contributed by atoms with E-state index in [4.69, 9.17) is 5.26 Å². The van der Waals surface area contributed by atoms with Crippen LogP contribution >= 0.6 is 0 Å². The molecule has 0 aliphatic rings. The predicted octanol–water partition coefficient (Wildman–Crippen LogP) is 2.47. The number of fused-ring (bicyclic) bond motifs is 1. The smallest absolute Gasteiger partial charge is 0.115 e. The summed E-state index contributed by atoms with van der Waals surface area (Å²) in [6, 6.07) is 15.4. The maximum absolute atomic E-state index is 11.6. The Hall–Kier alpha value is -1.66. The third kappa shape index (κ3) is 2.05. The molecule has 1 unspecified atom stereocenters. The van der Waals surface area contributed by atoms with E-state index < -0.39 is 10.8 Å². The molecule has 0 aliphatic carbocycles. The normalized spacial score (nSPS) is 12.2. The molecule has 0 fully saturated rings. The summed E-state index contributed by atoms with van der Waals surface area (Å²) in [5.74, 6) is 0.0539. The van der Waals surface area contributed by atoms with Gasteiger partial charge >= 0.3 is 0 Å². The van der Waals surface area contributed by atoms with E-state index >= 15 is 0 Å². The van der Waals surface area contributed by atoms with Crippen LogP contribution in [0.2, 0.25) is 0 Å². The summed E-state index contributed by atoms with van der Waals surface area (Å²) in [5.41, 5.74) is 0. The van der Waals surface area contributed by atoms with E-state index in [2.05, 4.69) is 0 Å². The Morgan fingerprint density at radius 2 is 1.87 bits per heavy atom. The van der Waals surface area contributed by atoms with E-state index in [1.807, 2.05) is 48.5 Å². The zero-order chi connectivity index (χ0) is 10.7. The summed E-state index contributed by atoms with van der Waals surface area (Å²) >= 11 is 0. The van der Waals surface area contributed by atoms with Gasteiger partial charge < -0.3 is 0 Å². The van der Waals surface area contributed by atoms with E-state index in [1.54, 1.807) is 0 Å². The fraction of sp³-hybridized carbons (Fsp3) is 0.0833. The largest absolute Gasteiger partial charge is 0.253 e. The average molecular weight is 215 g/mol. The molecule has 0 spiro atoms. The maximum Gasteiger partial charge on any atom is 0.115 e. The van der Waals surface area contributed by atoms with E-state index in [0.29, 0.717) is 0 Å². The lowest BCUT2D eigenvalue weighted by atomic mass is 10.1. The Kier molecular flexibility index (Phi) is 2.79. The summed E-state index contributed by atoms with van der Waals surface area (Å²) in [7, 11) is -1.20. The van der Waals surface area contributed by atoms with Crippen molar-refractivity contribution in [2.75, 3.05) is 5.75 Å². The first-order chi connectivity index (χ1) is 7.31. The standard InChI is InChI=1S/C12H9NOS/c13-7-8-15(14)12-6-5-10-3-1-2-4-11(10)9-12/h1-6,9H,8H2. The van der Waals surface area contributed by atoms with E-state index in [-0.39, 0.29) is 5.75 Å². The lowest BCUT2D eigenvalue weighted by molar-refractivity contribution is 0.685. The Morgan fingerprint density at radius 3 is 2.60 bits per heavy atom. The van der Waals surface area contributed by atoms with Gasteiger partial charge in [-0.25, -0.2) is 0 Å². The van der Waals surface area contributed by atoms with Gasteiger partial charge in [-0.15, -0.1) is 0 Å². The van der Waals surface area contributed by atoms with Crippen LogP contribution in [0.15, 0.2) is 47.4 Å². The first kappa shape index (κ1) is 9.88. The zero-order valence-electron chi connectivity index (χ0n) is 8.01. The minimum Gasteiger partial charge on any atom is -0.253 e. The molecule has 2 rings (SSSR count). The molecule has 2 aromatic rings. The van der Waals surface area contributed by atoms with Crippen LogP contribution in [-0.2, 0) is 10.8 Å². The molecule has 0 saturated carbocycles. The second kappa shape index (κ2) is 4.24. The van der Waals surface area contributed by atoms with Gasteiger partial charge in [-0.05, 0) is 22.9 Å². The van der Waals surface area contributed by atoms with Crippen LogP contribution < -0.4 is 0 Å². The maximum atomic E-state index is 11.6. The minimum atomic E-state index is -1.20. The van der Waals surface area contributed by atoms with Crippen molar-refractivity contribution in [1.29, 1.82) is 5.26 Å². The van der Waals surface area contributed by atoms with Gasteiger partial charge in [0.25, 0.3) is 0 Å². The molecule has 0 bridgehead atoms. The summed E-state index contributed by atoms with van der Waals surface area (Å²) in [4.78, 5) is 0.718. The van der Waals surface area contributed by atoms with Crippen molar-refractivity contribution >= 4 is 21.6 Å². The van der Waals surface area contributed by atoms with E-state index in [0.717, 1.165) is 15.7 Å². The second-order valence-electron chi connectivity index (χ2n) is 3.16. The van der Waals surface area contributed by atoms with Gasteiger partial charge in [0.15, 0.2) is 0 Å². The molecule has 0 aromatic heterocycles. The molecule has 0 heterocycles. The lowest BCUT2D eigenvalue weighted by Crippen LogP contribution is -1.94. The minimum absolute atomic E-state index is 0.0539. The Balaban J connectivity index is 2.48. The van der Waals surface area contributed by atoms with E-state index in [1.165, 1.54) is 0 Å². The zero-order valence-corrected chi connectivity index (χ0v) is 8.83. The molecule has 0 N–H and O–H groups in total. The highest BCUT2D eigenvalue weighted by Gasteiger charge is 2.03. The monoisotopic (exact) mass is 215 g/mol. The SMILES string of the molecule is N#CCS(=O)c1ccc2ccccc2c1. The molecule has 2 nitrogen and oxygen atoms in total. The second-order valence-corrected chi connectivity index (χ2v) is 4.61. The van der Waals surface area contributed by atoms with Gasteiger partial charge in [0.1, 0.15) is 5.75 Å². The quantitative estimate of drug-likeness (QED) is 0.772. The van der Waals surface area contributed by atoms with Crippen molar-refractivity contribution < 1.29 is 4.21 Å². The number of hydrogen-bond acceptors (Lipinski definition) is 2. The molecule has 0 amide bonds. The van der Waals surface area contributed by atoms with Gasteiger partial charge in [-0.3, -0.25) is 4.21 Å². The molecule has 1 atom stereocenters. The molecule has 3 heteroatoms. The fourth-order valence-electron chi connectivity index (χ4n) is 1.45. The predicted molar refractivity (Wildman–Crippen MR) is 60.8 cm³/mol. The van der Waals surface area contributed by atoms with Gasteiger partial charge in [0, 0.05) is 4.90 Å². The fourth-order valence-corrected chi connectivity index (χ4v) is 2.21. The molecule has 15 heavy (non-hydrogen) atoms. The van der Waals surface area contributed by atoms with Gasteiger partial charge in [0.2, 0.25) is 0 Å². The highest BCUT2D eigenvalue weighted by molar-refractivity contribution is 7.85. The first-order valence-corrected chi connectivity index (χ1v) is 5.87. The molecule has 0 aliphatic heterocycles. The lowest BCUT2D eigenvalue weighted by Gasteiger charge is -2.00. The Labute approximate surface area is 90.6 Å². The molecular formula is C12H9NOS.